The summed E-state index contributed by atoms with van der Waals surface area (Å²) in [6.45, 7) is 18.3. The first kappa shape index (κ1) is 46.6. The monoisotopic (exact) mass is 1070 g/mol. The molecule has 0 saturated heterocycles. The topological polar surface area (TPSA) is 35.9 Å². The van der Waals surface area contributed by atoms with E-state index in [-0.39, 0.29) is 31.9 Å². The Hall–Kier alpha value is -6.55. The van der Waals surface area contributed by atoms with Crippen LogP contribution in [0.2, 0.25) is 0 Å². The molecule has 0 N–H and O–H groups in total. The van der Waals surface area contributed by atoms with Crippen molar-refractivity contribution >= 4 is 32.8 Å². The van der Waals surface area contributed by atoms with Crippen molar-refractivity contribution in [3.05, 3.63) is 199 Å². The summed E-state index contributed by atoms with van der Waals surface area (Å²) in [7, 11) is 0. The predicted octanol–water partition coefficient (Wildman–Crippen LogP) is 15.3. The predicted molar refractivity (Wildman–Crippen MR) is 276 cm³/mol. The summed E-state index contributed by atoms with van der Waals surface area (Å²) in [5.41, 5.74) is 14.8. The van der Waals surface area contributed by atoms with Gasteiger partial charge in [0.2, 0.25) is 0 Å². The van der Waals surface area contributed by atoms with E-state index in [0.29, 0.717) is 17.4 Å². The van der Waals surface area contributed by atoms with Gasteiger partial charge in [0.05, 0.1) is 16.7 Å². The Morgan fingerprint density at radius 1 is 0.588 bits per heavy atom. The van der Waals surface area contributed by atoms with Gasteiger partial charge < -0.3 is 13.9 Å². The molecule has 0 saturated carbocycles. The number of rotatable bonds is 11. The molecule has 7 aromatic carbocycles. The Morgan fingerprint density at radius 2 is 1.21 bits per heavy atom. The molecule has 344 valence electrons. The molecule has 5 nitrogen and oxygen atoms in total. The van der Waals surface area contributed by atoms with Crippen molar-refractivity contribution in [2.24, 2.45) is 16.7 Å². The van der Waals surface area contributed by atoms with Crippen molar-refractivity contribution in [2.45, 2.75) is 74.7 Å². The Bertz CT molecular complexity index is 3360. The van der Waals surface area contributed by atoms with Crippen LogP contribution in [-0.4, -0.2) is 14.1 Å². The van der Waals surface area contributed by atoms with Gasteiger partial charge >= 0.3 is 0 Å². The first-order valence-corrected chi connectivity index (χ1v) is 23.6. The Morgan fingerprint density at radius 3 is 1.88 bits per heavy atom. The van der Waals surface area contributed by atoms with Crippen molar-refractivity contribution in [3.8, 4) is 50.9 Å². The largest absolute Gasteiger partial charge is 0.510 e. The Kier molecular flexibility index (Phi) is 12.9. The molecule has 0 aliphatic heterocycles. The molecule has 0 fully saturated rings. The molecule has 0 amide bonds. The van der Waals surface area contributed by atoms with E-state index in [1.54, 1.807) is 0 Å². The minimum atomic E-state index is 0. The van der Waals surface area contributed by atoms with Crippen LogP contribution in [0.1, 0.15) is 72.1 Å². The van der Waals surface area contributed by atoms with Gasteiger partial charge in [-0.05, 0) is 104 Å². The van der Waals surface area contributed by atoms with Gasteiger partial charge in [0.25, 0.3) is 6.33 Å². The molecule has 0 atom stereocenters. The van der Waals surface area contributed by atoms with Gasteiger partial charge in [0.15, 0.2) is 0 Å². The third-order valence-electron chi connectivity index (χ3n) is 12.2. The number of hydrogen-bond donors (Lipinski definition) is 0. The van der Waals surface area contributed by atoms with E-state index in [9.17, 15) is 0 Å². The molecule has 0 aliphatic carbocycles. The van der Waals surface area contributed by atoms with E-state index in [1.807, 2.05) is 24.4 Å². The summed E-state index contributed by atoms with van der Waals surface area (Å²) >= 11 is 0. The zero-order chi connectivity index (χ0) is 46.5. The minimum absolute atomic E-state index is 0. The average molecular weight is 1070 g/mol. The van der Waals surface area contributed by atoms with Crippen LogP contribution >= 0.6 is 0 Å². The number of imidazole rings is 1. The quantitative estimate of drug-likeness (QED) is 0.0956. The average Bonchev–Trinajstić information content (AvgIpc) is 3.84. The first-order valence-electron chi connectivity index (χ1n) is 23.6. The number of nitrogens with zero attached hydrogens (tertiary/aromatic N) is 4. The molecule has 0 spiro atoms. The van der Waals surface area contributed by atoms with E-state index >= 15 is 0 Å². The number of ether oxygens (including phenoxy) is 1. The van der Waals surface area contributed by atoms with E-state index in [2.05, 4.69) is 227 Å². The number of pyridine rings is 1. The fourth-order valence-corrected chi connectivity index (χ4v) is 9.67. The molecular weight excluding hydrogens is 1010 g/mol. The van der Waals surface area contributed by atoms with Crippen LogP contribution in [0.25, 0.3) is 72.3 Å². The number of benzene rings is 7. The number of aromatic nitrogens is 4. The van der Waals surface area contributed by atoms with Crippen LogP contribution < -0.4 is 9.30 Å². The van der Waals surface area contributed by atoms with Crippen molar-refractivity contribution < 1.29 is 30.4 Å². The van der Waals surface area contributed by atoms with Crippen LogP contribution in [0.15, 0.2) is 164 Å². The van der Waals surface area contributed by atoms with Crippen LogP contribution in [-0.2, 0) is 40.3 Å². The maximum absolute atomic E-state index is 6.68. The Labute approximate surface area is 416 Å². The van der Waals surface area contributed by atoms with Crippen molar-refractivity contribution in [1.82, 2.24) is 14.1 Å². The summed E-state index contributed by atoms with van der Waals surface area (Å²) in [5, 5.41) is 2.24. The second-order valence-electron chi connectivity index (χ2n) is 20.9. The summed E-state index contributed by atoms with van der Waals surface area (Å²) in [6, 6.07) is 63.6. The second-order valence-corrected chi connectivity index (χ2v) is 20.9. The molecule has 0 aliphatic rings. The van der Waals surface area contributed by atoms with E-state index in [1.165, 1.54) is 27.8 Å². The maximum atomic E-state index is 6.68. The van der Waals surface area contributed by atoms with Gasteiger partial charge in [-0.3, -0.25) is 4.57 Å². The third-order valence-corrected chi connectivity index (χ3v) is 12.2. The zero-order valence-corrected chi connectivity index (χ0v) is 42.6. The summed E-state index contributed by atoms with van der Waals surface area (Å²) < 4.78 is 13.2. The first-order chi connectivity index (χ1) is 32.2. The number of hydrogen-bond acceptors (Lipinski definition) is 2. The molecule has 10 aromatic rings. The van der Waals surface area contributed by atoms with Crippen molar-refractivity contribution in [3.63, 3.8) is 0 Å². The van der Waals surface area contributed by atoms with Gasteiger partial charge in [-0.2, -0.15) is 18.2 Å². The fraction of sp³-hybridized carbons (Fsp3) is 0.226. The van der Waals surface area contributed by atoms with Crippen molar-refractivity contribution in [1.29, 1.82) is 0 Å². The second kappa shape index (κ2) is 18.9. The SMILES string of the molecule is CC(C)Cc1ccnc(-n2c3[c-]c(Oc4[c-]c(-n5[c-][n+](-c6c(-c7cccc(CC(C)(C)C)c7)cccc6-c6cccc(CC(C)(C)C)c6)c6ccccc65)ccc4)ccc3c3ccccc32)c1.[Pt]. The van der Waals surface area contributed by atoms with Crippen LogP contribution in [0, 0.1) is 35.2 Å². The molecular formula is C62H58N4OPt-2. The molecule has 3 aromatic heterocycles. The van der Waals surface area contributed by atoms with Crippen LogP contribution in [0.3, 0.4) is 0 Å². The number of para-hydroxylation sites is 4. The zero-order valence-electron chi connectivity index (χ0n) is 40.3. The summed E-state index contributed by atoms with van der Waals surface area (Å²) in [4.78, 5) is 4.86. The number of fused-ring (bicyclic) bond motifs is 4. The van der Waals surface area contributed by atoms with Crippen LogP contribution in [0.4, 0.5) is 0 Å². The molecule has 3 heterocycles. The van der Waals surface area contributed by atoms with E-state index < -0.39 is 0 Å². The molecule has 10 rings (SSSR count). The molecule has 0 bridgehead atoms. The van der Waals surface area contributed by atoms with Gasteiger partial charge in [-0.15, -0.1) is 29.7 Å². The van der Waals surface area contributed by atoms with E-state index in [0.717, 1.165) is 80.4 Å². The standard InChI is InChI=1S/C62H58N4O.Pt/c1-42(2)33-43-31-32-63-59(36-43)66-55-26-10-9-23-53(55)54-30-29-50(38-58(54)66)67-49-22-15-21-48(37-49)64-41-65(57-28-12-11-27-56(57)64)60-51(46-19-13-17-44(34-46)39-61(3,4)5)24-16-25-52(60)47-20-14-18-45(35-47)40-62(6,7)8;/h9-32,34-36,42H,33,39-40H2,1-8H3;/q-2;. The Balaban J connectivity index is 0.00000578. The molecule has 6 heteroatoms. The van der Waals surface area contributed by atoms with Gasteiger partial charge in [-0.1, -0.05) is 170 Å². The molecule has 0 radical (unpaired) electrons. The summed E-state index contributed by atoms with van der Waals surface area (Å²) in [5.74, 6) is 2.59. The normalized spacial score (nSPS) is 12.0. The summed E-state index contributed by atoms with van der Waals surface area (Å²) in [6.07, 6.45) is 8.71. The third kappa shape index (κ3) is 9.73. The smallest absolute Gasteiger partial charge is 0.268 e. The minimum Gasteiger partial charge on any atom is -0.510 e. The van der Waals surface area contributed by atoms with Gasteiger partial charge in [-0.25, -0.2) is 4.98 Å². The van der Waals surface area contributed by atoms with E-state index in [4.69, 9.17) is 9.72 Å². The van der Waals surface area contributed by atoms with Crippen LogP contribution in [0.5, 0.6) is 11.5 Å². The molecule has 0 unspecified atom stereocenters. The van der Waals surface area contributed by atoms with Crippen molar-refractivity contribution in [2.75, 3.05) is 0 Å². The fourth-order valence-electron chi connectivity index (χ4n) is 9.67. The van der Waals surface area contributed by atoms with Gasteiger partial charge in [0.1, 0.15) is 5.82 Å². The molecule has 68 heavy (non-hydrogen) atoms. The van der Waals surface area contributed by atoms with Gasteiger partial charge in [0, 0.05) is 44.3 Å². The maximum Gasteiger partial charge on any atom is 0.268 e.